The third-order valence-electron chi connectivity index (χ3n) is 3.17. The van der Waals surface area contributed by atoms with Crippen LogP contribution in [0.2, 0.25) is 0 Å². The minimum atomic E-state index is -1.49. The zero-order valence-corrected chi connectivity index (χ0v) is 11.2. The van der Waals surface area contributed by atoms with E-state index in [9.17, 15) is 25.0 Å². The number of pyridine rings is 1. The number of carbonyl (C=O) groups excluding carboxylic acids is 1. The van der Waals surface area contributed by atoms with Crippen LogP contribution in [0.15, 0.2) is 29.8 Å². The Kier molecular flexibility index (Phi) is 3.66. The summed E-state index contributed by atoms with van der Waals surface area (Å²) in [7, 11) is 0. The van der Waals surface area contributed by atoms with E-state index in [1.54, 1.807) is 0 Å². The fraction of sp³-hybridized carbons (Fsp3) is 0.333. The highest BCUT2D eigenvalue weighted by atomic mass is 16.7. The van der Waals surface area contributed by atoms with E-state index >= 15 is 0 Å². The summed E-state index contributed by atoms with van der Waals surface area (Å²) in [6.07, 6.45) is 0.802. The molecule has 0 saturated carbocycles. The Balaban J connectivity index is 2.55. The van der Waals surface area contributed by atoms with Gasteiger partial charge in [0.1, 0.15) is 17.9 Å². The first kappa shape index (κ1) is 14.6. The van der Waals surface area contributed by atoms with E-state index in [4.69, 9.17) is 4.74 Å². The van der Waals surface area contributed by atoms with Gasteiger partial charge in [0.15, 0.2) is 5.78 Å². The Morgan fingerprint density at radius 3 is 2.52 bits per heavy atom. The van der Waals surface area contributed by atoms with Crippen molar-refractivity contribution in [3.8, 4) is 0 Å². The van der Waals surface area contributed by atoms with E-state index < -0.39 is 22.0 Å². The number of hydrogen-bond donors (Lipinski definition) is 0. The lowest BCUT2D eigenvalue weighted by molar-refractivity contribution is -0.570. The molecule has 2 heterocycles. The van der Waals surface area contributed by atoms with Crippen molar-refractivity contribution >= 4 is 11.5 Å². The molecule has 1 aromatic heterocycles. The molecule has 0 saturated heterocycles. The summed E-state index contributed by atoms with van der Waals surface area (Å²) < 4.78 is 5.13. The molecule has 0 spiro atoms. The Bertz CT molecular complexity index is 669. The van der Waals surface area contributed by atoms with Gasteiger partial charge in [0.2, 0.25) is 0 Å². The summed E-state index contributed by atoms with van der Waals surface area (Å²) >= 11 is 0. The van der Waals surface area contributed by atoms with Gasteiger partial charge in [-0.05, 0) is 19.4 Å². The molecule has 0 fully saturated rings. The second-order valence-electron chi connectivity index (χ2n) is 4.53. The largest absolute Gasteiger partial charge is 0.434 e. The molecule has 1 aliphatic heterocycles. The summed E-state index contributed by atoms with van der Waals surface area (Å²) in [6.45, 7) is 2.72. The average Bonchev–Trinajstić information content (AvgIpc) is 2.76. The minimum Gasteiger partial charge on any atom is -0.434 e. The summed E-state index contributed by atoms with van der Waals surface area (Å²) in [5.41, 5.74) is 0.0361. The normalized spacial score (nSPS) is 21.0. The predicted octanol–water partition coefficient (Wildman–Crippen LogP) is 1.57. The lowest BCUT2D eigenvalue weighted by Gasteiger charge is -2.13. The van der Waals surface area contributed by atoms with Crippen LogP contribution in [-0.2, 0) is 9.53 Å². The number of Topliss-reactive ketones (excluding diaryl/α,β-unsaturated/α-hetero) is 1. The van der Waals surface area contributed by atoms with Crippen LogP contribution in [0.25, 0.3) is 0 Å². The number of nitrogens with zero attached hydrogens (tertiary/aromatic N) is 3. The predicted molar refractivity (Wildman–Crippen MR) is 68.9 cm³/mol. The topological polar surface area (TPSA) is 125 Å². The molecule has 0 N–H and O–H groups in total. The van der Waals surface area contributed by atoms with Crippen LogP contribution in [0.5, 0.6) is 0 Å². The molecule has 0 aromatic carbocycles. The van der Waals surface area contributed by atoms with Crippen LogP contribution in [0.1, 0.15) is 25.3 Å². The van der Waals surface area contributed by atoms with E-state index in [0.29, 0.717) is 0 Å². The fourth-order valence-electron chi connectivity index (χ4n) is 2.35. The third kappa shape index (κ3) is 2.57. The van der Waals surface area contributed by atoms with Crippen LogP contribution >= 0.6 is 0 Å². The molecule has 1 aliphatic rings. The van der Waals surface area contributed by atoms with Crippen molar-refractivity contribution in [1.29, 1.82) is 0 Å². The summed E-state index contributed by atoms with van der Waals surface area (Å²) in [5, 5.41) is 21.9. The number of hydrogen-bond acceptors (Lipinski definition) is 7. The number of aromatic nitrogens is 1. The van der Waals surface area contributed by atoms with Gasteiger partial charge < -0.3 is 4.74 Å². The van der Waals surface area contributed by atoms with Gasteiger partial charge in [-0.2, -0.15) is 0 Å². The molecule has 0 amide bonds. The van der Waals surface area contributed by atoms with Crippen molar-refractivity contribution in [2.75, 3.05) is 0 Å². The molecule has 9 heteroatoms. The van der Waals surface area contributed by atoms with Crippen molar-refractivity contribution in [2.45, 2.75) is 26.0 Å². The molecule has 110 valence electrons. The summed E-state index contributed by atoms with van der Waals surface area (Å²) in [5.74, 6) is -1.24. The third-order valence-corrected chi connectivity index (χ3v) is 3.17. The quantitative estimate of drug-likeness (QED) is 0.609. The monoisotopic (exact) mass is 293 g/mol. The van der Waals surface area contributed by atoms with Gasteiger partial charge in [0, 0.05) is 12.3 Å². The number of nitro groups is 2. The SMILES string of the molecule is CC(=O)C1=C(C)OC([N+](=O)[O-])C1c1cncc([N+](=O)[O-])c1. The van der Waals surface area contributed by atoms with Crippen LogP contribution in [0.4, 0.5) is 5.69 Å². The van der Waals surface area contributed by atoms with Gasteiger partial charge in [0.05, 0.1) is 15.4 Å². The molecule has 21 heavy (non-hydrogen) atoms. The maximum Gasteiger partial charge on any atom is 0.364 e. The van der Waals surface area contributed by atoms with E-state index in [0.717, 1.165) is 6.20 Å². The molecule has 0 bridgehead atoms. The summed E-state index contributed by atoms with van der Waals surface area (Å²) in [4.78, 5) is 36.0. The van der Waals surface area contributed by atoms with Crippen LogP contribution in [-0.4, -0.2) is 26.8 Å². The highest BCUT2D eigenvalue weighted by Gasteiger charge is 2.46. The zero-order valence-electron chi connectivity index (χ0n) is 11.2. The first-order chi connectivity index (χ1) is 9.82. The Morgan fingerprint density at radius 2 is 2.00 bits per heavy atom. The van der Waals surface area contributed by atoms with Crippen molar-refractivity contribution in [3.63, 3.8) is 0 Å². The number of ether oxygens (including phenoxy) is 1. The van der Waals surface area contributed by atoms with Gasteiger partial charge >= 0.3 is 6.23 Å². The highest BCUT2D eigenvalue weighted by Crippen LogP contribution is 2.40. The number of carbonyl (C=O) groups is 1. The van der Waals surface area contributed by atoms with Crippen molar-refractivity contribution in [3.05, 3.63) is 55.6 Å². The van der Waals surface area contributed by atoms with Gasteiger partial charge in [-0.15, -0.1) is 0 Å². The first-order valence-corrected chi connectivity index (χ1v) is 5.94. The molecule has 2 rings (SSSR count). The number of rotatable bonds is 4. The standard InChI is InChI=1S/C12H11N3O6/c1-6(16)10-7(2)21-12(15(19)20)11(10)8-3-9(14(17)18)5-13-4-8/h3-5,11-12H,1-2H3. The van der Waals surface area contributed by atoms with E-state index in [1.807, 2.05) is 0 Å². The second kappa shape index (κ2) is 5.27. The average molecular weight is 293 g/mol. The Labute approximate surface area is 118 Å². The van der Waals surface area contributed by atoms with Crippen molar-refractivity contribution in [2.24, 2.45) is 0 Å². The van der Waals surface area contributed by atoms with Gasteiger partial charge in [-0.3, -0.25) is 30.0 Å². The van der Waals surface area contributed by atoms with Crippen molar-refractivity contribution in [1.82, 2.24) is 4.98 Å². The molecular formula is C12H11N3O6. The molecule has 9 nitrogen and oxygen atoms in total. The first-order valence-electron chi connectivity index (χ1n) is 5.94. The zero-order chi connectivity index (χ0) is 15.7. The van der Waals surface area contributed by atoms with Gasteiger partial charge in [-0.1, -0.05) is 0 Å². The summed E-state index contributed by atoms with van der Waals surface area (Å²) in [6, 6.07) is 1.17. The van der Waals surface area contributed by atoms with Crippen LogP contribution < -0.4 is 0 Å². The second-order valence-corrected chi connectivity index (χ2v) is 4.53. The van der Waals surface area contributed by atoms with Crippen LogP contribution in [0, 0.1) is 20.2 Å². The molecule has 0 aliphatic carbocycles. The Morgan fingerprint density at radius 1 is 1.33 bits per heavy atom. The fourth-order valence-corrected chi connectivity index (χ4v) is 2.35. The lowest BCUT2D eigenvalue weighted by Crippen LogP contribution is -2.27. The molecule has 2 unspecified atom stereocenters. The lowest BCUT2D eigenvalue weighted by atomic mass is 9.89. The Hall–Kier alpha value is -2.84. The van der Waals surface area contributed by atoms with E-state index in [-0.39, 0.29) is 28.4 Å². The highest BCUT2D eigenvalue weighted by molar-refractivity contribution is 5.95. The molecule has 1 aromatic rings. The van der Waals surface area contributed by atoms with Crippen LogP contribution in [0.3, 0.4) is 0 Å². The molecular weight excluding hydrogens is 282 g/mol. The maximum absolute atomic E-state index is 11.7. The van der Waals surface area contributed by atoms with E-state index in [2.05, 4.69) is 4.98 Å². The molecule has 2 atom stereocenters. The molecule has 0 radical (unpaired) electrons. The number of ketones is 1. The number of allylic oxidation sites excluding steroid dienone is 1. The van der Waals surface area contributed by atoms with Gasteiger partial charge in [-0.25, -0.2) is 0 Å². The van der Waals surface area contributed by atoms with E-state index in [1.165, 1.54) is 26.1 Å². The van der Waals surface area contributed by atoms with Crippen molar-refractivity contribution < 1.29 is 19.4 Å². The smallest absolute Gasteiger partial charge is 0.364 e. The minimum absolute atomic E-state index is 0.138. The van der Waals surface area contributed by atoms with Gasteiger partial charge in [0.25, 0.3) is 5.69 Å². The maximum atomic E-state index is 11.7.